The van der Waals surface area contributed by atoms with Crippen molar-refractivity contribution in [1.29, 1.82) is 0 Å². The van der Waals surface area contributed by atoms with E-state index in [2.05, 4.69) is 22.0 Å². The molecule has 1 N–H and O–H groups in total. The van der Waals surface area contributed by atoms with E-state index in [-0.39, 0.29) is 24.1 Å². The van der Waals surface area contributed by atoms with E-state index in [0.717, 1.165) is 68.7 Å². The molecule has 1 saturated heterocycles. The lowest BCUT2D eigenvalue weighted by atomic mass is 9.96. The van der Waals surface area contributed by atoms with Gasteiger partial charge in [-0.1, -0.05) is 12.1 Å². The number of para-hydroxylation sites is 1. The molecule has 6 nitrogen and oxygen atoms in total. The number of likely N-dealkylation sites (tertiary alicyclic amines) is 1. The summed E-state index contributed by atoms with van der Waals surface area (Å²) in [5.74, 6) is 2.53. The number of hydrogen-bond acceptors (Lipinski definition) is 5. The lowest BCUT2D eigenvalue weighted by Crippen LogP contribution is -2.40. The molecule has 32 heavy (non-hydrogen) atoms. The summed E-state index contributed by atoms with van der Waals surface area (Å²) in [4.78, 5) is 27.2. The molecule has 1 aromatic carbocycles. The Morgan fingerprint density at radius 1 is 1.16 bits per heavy atom. The molecule has 7 heteroatoms. The quantitative estimate of drug-likeness (QED) is 0.743. The summed E-state index contributed by atoms with van der Waals surface area (Å²) in [6, 6.07) is 6.28. The summed E-state index contributed by atoms with van der Waals surface area (Å²) in [6.07, 6.45) is 6.97. The number of benzene rings is 1. The lowest BCUT2D eigenvalue weighted by Gasteiger charge is -2.34. The molecule has 2 aromatic rings. The highest BCUT2D eigenvalue weighted by atomic mass is 19.1. The van der Waals surface area contributed by atoms with Crippen LogP contribution in [0.1, 0.15) is 55.1 Å². The zero-order valence-electron chi connectivity index (χ0n) is 18.8. The molecule has 1 atom stereocenters. The average Bonchev–Trinajstić information content (AvgIpc) is 3.60. The molecule has 0 bridgehead atoms. The van der Waals surface area contributed by atoms with Gasteiger partial charge in [0.1, 0.15) is 17.5 Å². The minimum Gasteiger partial charge on any atom is -0.356 e. The SMILES string of the molecule is Cc1nc([C@@H]2CCCN(CC(=O)Nc3ccccc3F)C2)nc2c1CCCN2CC1CC1. The van der Waals surface area contributed by atoms with Crippen LogP contribution in [0.25, 0.3) is 0 Å². The first kappa shape index (κ1) is 21.3. The molecule has 5 rings (SSSR count). The van der Waals surface area contributed by atoms with Crippen LogP contribution >= 0.6 is 0 Å². The van der Waals surface area contributed by atoms with Crippen LogP contribution in [0.2, 0.25) is 0 Å². The number of anilines is 2. The Bertz CT molecular complexity index is 992. The monoisotopic (exact) mass is 437 g/mol. The number of carbonyl (C=O) groups excluding carboxylic acids is 1. The minimum atomic E-state index is -0.411. The van der Waals surface area contributed by atoms with Gasteiger partial charge in [0.05, 0.1) is 12.2 Å². The third-order valence-electron chi connectivity index (χ3n) is 6.93. The van der Waals surface area contributed by atoms with Gasteiger partial charge in [0.15, 0.2) is 0 Å². The van der Waals surface area contributed by atoms with Gasteiger partial charge in [-0.25, -0.2) is 14.4 Å². The van der Waals surface area contributed by atoms with Crippen LogP contribution in [0.15, 0.2) is 24.3 Å². The normalized spacial score (nSPS) is 21.3. The highest BCUT2D eigenvalue weighted by Crippen LogP contribution is 2.36. The molecule has 0 radical (unpaired) electrons. The van der Waals surface area contributed by atoms with Crippen LogP contribution in [0, 0.1) is 18.7 Å². The van der Waals surface area contributed by atoms with Crippen LogP contribution in [0.3, 0.4) is 0 Å². The van der Waals surface area contributed by atoms with Gasteiger partial charge in [-0.2, -0.15) is 0 Å². The van der Waals surface area contributed by atoms with Gasteiger partial charge in [0, 0.05) is 36.8 Å². The number of piperidine rings is 1. The van der Waals surface area contributed by atoms with Gasteiger partial charge in [-0.3, -0.25) is 9.69 Å². The van der Waals surface area contributed by atoms with Crippen molar-refractivity contribution < 1.29 is 9.18 Å². The number of aromatic nitrogens is 2. The Labute approximate surface area is 189 Å². The molecule has 3 heterocycles. The van der Waals surface area contributed by atoms with E-state index < -0.39 is 5.82 Å². The minimum absolute atomic E-state index is 0.186. The molecule has 0 spiro atoms. The Kier molecular flexibility index (Phi) is 6.09. The van der Waals surface area contributed by atoms with Crippen LogP contribution in [0.4, 0.5) is 15.9 Å². The highest BCUT2D eigenvalue weighted by Gasteiger charge is 2.31. The summed E-state index contributed by atoms with van der Waals surface area (Å²) in [5.41, 5.74) is 2.66. The molecule has 1 amide bonds. The van der Waals surface area contributed by atoms with Crippen LogP contribution in [-0.4, -0.2) is 53.5 Å². The van der Waals surface area contributed by atoms with Crippen LogP contribution in [-0.2, 0) is 11.2 Å². The lowest BCUT2D eigenvalue weighted by molar-refractivity contribution is -0.117. The number of hydrogen-bond donors (Lipinski definition) is 1. The molecular weight excluding hydrogens is 405 g/mol. The first-order valence-electron chi connectivity index (χ1n) is 12.0. The smallest absolute Gasteiger partial charge is 0.238 e. The molecule has 2 aliphatic heterocycles. The average molecular weight is 438 g/mol. The van der Waals surface area contributed by atoms with Crippen molar-refractivity contribution in [1.82, 2.24) is 14.9 Å². The van der Waals surface area contributed by atoms with Crippen LogP contribution in [0.5, 0.6) is 0 Å². The van der Waals surface area contributed by atoms with Gasteiger partial charge in [-0.15, -0.1) is 0 Å². The second kappa shape index (κ2) is 9.14. The standard InChI is InChI=1S/C25H32FN5O/c1-17-20-7-5-13-31(14-18-10-11-18)25(20)29-24(27-17)19-6-4-12-30(15-19)16-23(32)28-22-9-3-2-8-21(22)26/h2-3,8-9,18-19H,4-7,10-16H2,1H3,(H,28,32)/t19-/m1/s1. The number of rotatable bonds is 6. The third-order valence-corrected chi connectivity index (χ3v) is 6.93. The van der Waals surface area contributed by atoms with Crippen molar-refractivity contribution >= 4 is 17.4 Å². The molecule has 1 aromatic heterocycles. The molecule has 1 aliphatic carbocycles. The zero-order chi connectivity index (χ0) is 22.1. The summed E-state index contributed by atoms with van der Waals surface area (Å²) in [5, 5.41) is 2.70. The Balaban J connectivity index is 1.27. The topological polar surface area (TPSA) is 61.4 Å². The fraction of sp³-hybridized carbons (Fsp3) is 0.560. The number of carbonyl (C=O) groups is 1. The van der Waals surface area contributed by atoms with Crippen molar-refractivity contribution in [2.45, 2.75) is 51.4 Å². The number of nitrogens with one attached hydrogen (secondary N) is 1. The first-order valence-corrected chi connectivity index (χ1v) is 12.0. The first-order chi connectivity index (χ1) is 15.6. The summed E-state index contributed by atoms with van der Waals surface area (Å²) in [6.45, 7) is 6.20. The fourth-order valence-corrected chi connectivity index (χ4v) is 5.05. The molecule has 0 unspecified atom stereocenters. The maximum atomic E-state index is 13.9. The van der Waals surface area contributed by atoms with E-state index in [9.17, 15) is 9.18 Å². The molecule has 3 aliphatic rings. The Hall–Kier alpha value is -2.54. The van der Waals surface area contributed by atoms with E-state index in [1.807, 2.05) is 0 Å². The van der Waals surface area contributed by atoms with Crippen molar-refractivity contribution in [2.24, 2.45) is 5.92 Å². The van der Waals surface area contributed by atoms with E-state index in [0.29, 0.717) is 0 Å². The van der Waals surface area contributed by atoms with Gasteiger partial charge < -0.3 is 10.2 Å². The second-order valence-corrected chi connectivity index (χ2v) is 9.56. The summed E-state index contributed by atoms with van der Waals surface area (Å²) < 4.78 is 13.9. The van der Waals surface area contributed by atoms with Gasteiger partial charge in [0.2, 0.25) is 5.91 Å². The van der Waals surface area contributed by atoms with Crippen molar-refractivity contribution in [3.05, 3.63) is 47.2 Å². The molecule has 2 fully saturated rings. The van der Waals surface area contributed by atoms with Crippen molar-refractivity contribution in [2.75, 3.05) is 42.9 Å². The van der Waals surface area contributed by atoms with Gasteiger partial charge >= 0.3 is 0 Å². The van der Waals surface area contributed by atoms with E-state index in [1.165, 1.54) is 30.9 Å². The predicted molar refractivity (Wildman–Crippen MR) is 123 cm³/mol. The Morgan fingerprint density at radius 2 is 2.00 bits per heavy atom. The van der Waals surface area contributed by atoms with E-state index >= 15 is 0 Å². The third kappa shape index (κ3) is 4.77. The van der Waals surface area contributed by atoms with E-state index in [4.69, 9.17) is 9.97 Å². The maximum Gasteiger partial charge on any atom is 0.238 e. The van der Waals surface area contributed by atoms with Gasteiger partial charge in [0.25, 0.3) is 0 Å². The largest absolute Gasteiger partial charge is 0.356 e. The number of fused-ring (bicyclic) bond motifs is 1. The number of nitrogens with zero attached hydrogens (tertiary/aromatic N) is 4. The highest BCUT2D eigenvalue weighted by molar-refractivity contribution is 5.92. The van der Waals surface area contributed by atoms with Gasteiger partial charge in [-0.05, 0) is 70.0 Å². The Morgan fingerprint density at radius 3 is 2.81 bits per heavy atom. The number of amides is 1. The predicted octanol–water partition coefficient (Wildman–Crippen LogP) is 3.90. The van der Waals surface area contributed by atoms with Crippen molar-refractivity contribution in [3.63, 3.8) is 0 Å². The molecule has 170 valence electrons. The zero-order valence-corrected chi connectivity index (χ0v) is 18.8. The van der Waals surface area contributed by atoms with E-state index in [1.54, 1.807) is 18.2 Å². The number of aryl methyl sites for hydroxylation is 1. The molecule has 1 saturated carbocycles. The maximum absolute atomic E-state index is 13.9. The second-order valence-electron chi connectivity index (χ2n) is 9.56. The van der Waals surface area contributed by atoms with Crippen LogP contribution < -0.4 is 10.2 Å². The summed E-state index contributed by atoms with van der Waals surface area (Å²) >= 11 is 0. The molecular formula is C25H32FN5O. The summed E-state index contributed by atoms with van der Waals surface area (Å²) in [7, 11) is 0. The fourth-order valence-electron chi connectivity index (χ4n) is 5.05. The van der Waals surface area contributed by atoms with Crippen molar-refractivity contribution in [3.8, 4) is 0 Å². The number of halogens is 1.